The summed E-state index contributed by atoms with van der Waals surface area (Å²) in [7, 11) is -9.89. The Morgan fingerprint density at radius 3 is 0.845 bits per heavy atom. The van der Waals surface area contributed by atoms with E-state index in [-0.39, 0.29) is 25.7 Å². The quantitative estimate of drug-likeness (QED) is 0.0222. The van der Waals surface area contributed by atoms with Crippen LogP contribution >= 0.6 is 15.6 Å². The highest BCUT2D eigenvalue weighted by Gasteiger charge is 2.30. The van der Waals surface area contributed by atoms with Crippen LogP contribution in [0.2, 0.25) is 0 Å². The summed E-state index contributed by atoms with van der Waals surface area (Å²) in [5.74, 6) is -0.632. The third-order valence-corrected chi connectivity index (χ3v) is 17.6. The van der Waals surface area contributed by atoms with E-state index in [1.807, 2.05) is 0 Å². The van der Waals surface area contributed by atoms with Gasteiger partial charge in [0.25, 0.3) is 0 Å². The standard InChI is InChI=1S/C65H126O17P2/c1-7-11-13-15-17-19-21-23-28-35-41-47-62(67)75-53-60(82-65(70)50-44-38-30-26-25-27-33-39-45-57(5)9-3)55-79-83(71,72)77-51-59(66)52-78-84(73,74)80-56-61(54-76-63(68)48-42-36-32-31-34-40-46-58(6)10-4)81-64(69)49-43-37-29-24-22-20-18-16-14-12-8-2/h57-61,66H,7-56H2,1-6H3,(H,71,72)(H,73,74)/t57?,58?,59-,60-,61-/m1/s1. The first-order valence-corrected chi connectivity index (χ1v) is 37.1. The topological polar surface area (TPSA) is 237 Å². The SMILES string of the molecule is CCCCCCCCCCCCCC(=O)OC[C@H](COP(=O)(O)OC[C@@H](O)COP(=O)(O)OC[C@@H](COC(=O)CCCCCCCCC(C)CC)OC(=O)CCCCCCCCCCCCC)OC(=O)CCCCCCCCCCC(C)CC. The molecule has 0 saturated carbocycles. The molecule has 0 aromatic rings. The number of esters is 4. The number of ether oxygens (including phenoxy) is 4. The minimum Gasteiger partial charge on any atom is -0.462 e. The van der Waals surface area contributed by atoms with Gasteiger partial charge in [0.2, 0.25) is 0 Å². The highest BCUT2D eigenvalue weighted by atomic mass is 31.2. The molecule has 3 N–H and O–H groups in total. The third kappa shape index (κ3) is 56.6. The van der Waals surface area contributed by atoms with E-state index >= 15 is 0 Å². The lowest BCUT2D eigenvalue weighted by molar-refractivity contribution is -0.161. The summed E-state index contributed by atoms with van der Waals surface area (Å²) in [5, 5.41) is 10.5. The fourth-order valence-electron chi connectivity index (χ4n) is 9.64. The van der Waals surface area contributed by atoms with Gasteiger partial charge in [0.15, 0.2) is 12.2 Å². The van der Waals surface area contributed by atoms with Crippen molar-refractivity contribution in [2.24, 2.45) is 11.8 Å². The van der Waals surface area contributed by atoms with E-state index in [0.717, 1.165) is 108 Å². The molecule has 0 heterocycles. The Labute approximate surface area is 511 Å². The summed E-state index contributed by atoms with van der Waals surface area (Å²) in [6, 6.07) is 0. The summed E-state index contributed by atoms with van der Waals surface area (Å²) in [6.07, 6.45) is 40.2. The van der Waals surface area contributed by atoms with Gasteiger partial charge < -0.3 is 33.8 Å². The van der Waals surface area contributed by atoms with Crippen molar-refractivity contribution in [2.45, 2.75) is 342 Å². The van der Waals surface area contributed by atoms with Crippen LogP contribution in [-0.4, -0.2) is 96.7 Å². The number of carbonyl (C=O) groups excluding carboxylic acids is 4. The monoisotopic (exact) mass is 1240 g/mol. The summed E-state index contributed by atoms with van der Waals surface area (Å²) in [5.41, 5.74) is 0. The molecule has 0 fully saturated rings. The number of phosphoric acid groups is 2. The molecule has 0 spiro atoms. The van der Waals surface area contributed by atoms with E-state index in [1.165, 1.54) is 135 Å². The van der Waals surface area contributed by atoms with Crippen LogP contribution in [0.1, 0.15) is 324 Å². The molecule has 0 radical (unpaired) electrons. The molecule has 19 heteroatoms. The lowest BCUT2D eigenvalue weighted by Gasteiger charge is -2.21. The summed E-state index contributed by atoms with van der Waals surface area (Å²) in [4.78, 5) is 72.3. The van der Waals surface area contributed by atoms with Gasteiger partial charge in [-0.1, -0.05) is 273 Å². The summed E-state index contributed by atoms with van der Waals surface area (Å²) >= 11 is 0. The fourth-order valence-corrected chi connectivity index (χ4v) is 11.2. The zero-order chi connectivity index (χ0) is 62.2. The number of aliphatic hydroxyl groups excluding tert-OH is 1. The van der Waals surface area contributed by atoms with Gasteiger partial charge in [0, 0.05) is 25.7 Å². The van der Waals surface area contributed by atoms with Gasteiger partial charge in [-0.25, -0.2) is 9.13 Å². The van der Waals surface area contributed by atoms with Crippen molar-refractivity contribution >= 4 is 39.5 Å². The number of carbonyl (C=O) groups is 4. The molecule has 498 valence electrons. The van der Waals surface area contributed by atoms with E-state index in [2.05, 4.69) is 41.5 Å². The third-order valence-electron chi connectivity index (χ3n) is 15.7. The number of aliphatic hydroxyl groups is 1. The maximum absolute atomic E-state index is 13.0. The zero-order valence-electron chi connectivity index (χ0n) is 54.2. The minimum absolute atomic E-state index is 0.105. The predicted octanol–water partition coefficient (Wildman–Crippen LogP) is 18.0. The molecule has 0 aromatic carbocycles. The van der Waals surface area contributed by atoms with Crippen LogP contribution < -0.4 is 0 Å². The molecule has 0 rings (SSSR count). The van der Waals surface area contributed by atoms with Crippen molar-refractivity contribution < 1.29 is 80.2 Å². The molecule has 84 heavy (non-hydrogen) atoms. The number of hydrogen-bond donors (Lipinski definition) is 3. The molecular formula is C65H126O17P2. The molecule has 0 aromatic heterocycles. The van der Waals surface area contributed by atoms with Crippen LogP contribution in [0.4, 0.5) is 0 Å². The van der Waals surface area contributed by atoms with Gasteiger partial charge in [-0.2, -0.15) is 0 Å². The number of unbranched alkanes of at least 4 members (excludes halogenated alkanes) is 32. The summed E-state index contributed by atoms with van der Waals surface area (Å²) < 4.78 is 68.0. The lowest BCUT2D eigenvalue weighted by atomic mass is 9.99. The van der Waals surface area contributed by atoms with E-state index in [0.29, 0.717) is 25.7 Å². The Morgan fingerprint density at radius 2 is 0.571 bits per heavy atom. The molecule has 0 aliphatic heterocycles. The van der Waals surface area contributed by atoms with Crippen LogP contribution in [0.15, 0.2) is 0 Å². The van der Waals surface area contributed by atoms with Crippen LogP contribution in [0.5, 0.6) is 0 Å². The van der Waals surface area contributed by atoms with Crippen molar-refractivity contribution in [1.29, 1.82) is 0 Å². The van der Waals surface area contributed by atoms with Crippen molar-refractivity contribution in [2.75, 3.05) is 39.6 Å². The second kappa shape index (κ2) is 57.5. The summed E-state index contributed by atoms with van der Waals surface area (Å²) in [6.45, 7) is 9.46. The highest BCUT2D eigenvalue weighted by Crippen LogP contribution is 2.45. The van der Waals surface area contributed by atoms with Crippen LogP contribution in [0, 0.1) is 11.8 Å². The Balaban J connectivity index is 5.26. The first-order valence-electron chi connectivity index (χ1n) is 34.1. The Hall–Kier alpha value is -1.94. The van der Waals surface area contributed by atoms with Gasteiger partial charge in [-0.15, -0.1) is 0 Å². The molecule has 17 nitrogen and oxygen atoms in total. The molecule has 7 atom stereocenters. The van der Waals surface area contributed by atoms with Gasteiger partial charge >= 0.3 is 39.5 Å². The average Bonchev–Trinajstić information content (AvgIpc) is 3.60. The molecule has 0 saturated heterocycles. The van der Waals surface area contributed by atoms with Gasteiger partial charge in [-0.3, -0.25) is 37.3 Å². The first kappa shape index (κ1) is 82.1. The first-order chi connectivity index (χ1) is 40.4. The largest absolute Gasteiger partial charge is 0.472 e. The van der Waals surface area contributed by atoms with Crippen molar-refractivity contribution in [3.63, 3.8) is 0 Å². The van der Waals surface area contributed by atoms with Crippen LogP contribution in [0.25, 0.3) is 0 Å². The van der Waals surface area contributed by atoms with E-state index in [9.17, 15) is 43.2 Å². The Kier molecular flexibility index (Phi) is 56.2. The number of rotatable bonds is 64. The molecule has 0 bridgehead atoms. The van der Waals surface area contributed by atoms with Gasteiger partial charge in [0.1, 0.15) is 19.3 Å². The zero-order valence-corrected chi connectivity index (χ0v) is 56.0. The molecule has 0 amide bonds. The smallest absolute Gasteiger partial charge is 0.462 e. The second-order valence-corrected chi connectivity index (χ2v) is 26.9. The van der Waals surface area contributed by atoms with Crippen LogP contribution in [0.3, 0.4) is 0 Å². The van der Waals surface area contributed by atoms with Crippen molar-refractivity contribution in [3.05, 3.63) is 0 Å². The number of hydrogen-bond acceptors (Lipinski definition) is 15. The normalized spacial score (nSPS) is 14.9. The van der Waals surface area contributed by atoms with E-state index < -0.39 is 97.5 Å². The Morgan fingerprint density at radius 1 is 0.333 bits per heavy atom. The maximum Gasteiger partial charge on any atom is 0.472 e. The molecule has 0 aliphatic carbocycles. The predicted molar refractivity (Wildman–Crippen MR) is 335 cm³/mol. The molecule has 4 unspecified atom stereocenters. The lowest BCUT2D eigenvalue weighted by Crippen LogP contribution is -2.30. The number of phosphoric ester groups is 2. The molecule has 0 aliphatic rings. The van der Waals surface area contributed by atoms with E-state index in [4.69, 9.17) is 37.0 Å². The second-order valence-electron chi connectivity index (χ2n) is 24.0. The van der Waals surface area contributed by atoms with Crippen LogP contribution in [-0.2, 0) is 65.4 Å². The van der Waals surface area contributed by atoms with Gasteiger partial charge in [0.05, 0.1) is 26.4 Å². The maximum atomic E-state index is 13.0. The minimum atomic E-state index is -4.94. The van der Waals surface area contributed by atoms with E-state index in [1.54, 1.807) is 0 Å². The van der Waals surface area contributed by atoms with Gasteiger partial charge in [-0.05, 0) is 37.5 Å². The van der Waals surface area contributed by atoms with Crippen molar-refractivity contribution in [3.8, 4) is 0 Å². The molecular weight excluding hydrogens is 1110 g/mol. The highest BCUT2D eigenvalue weighted by molar-refractivity contribution is 7.47. The fraction of sp³-hybridized carbons (Fsp3) is 0.938. The van der Waals surface area contributed by atoms with Crippen molar-refractivity contribution in [1.82, 2.24) is 0 Å². The Bertz CT molecular complexity index is 1650. The average molecular weight is 1240 g/mol.